The maximum absolute atomic E-state index is 11.8. The summed E-state index contributed by atoms with van der Waals surface area (Å²) in [6.07, 6.45) is -0.428. The molecule has 80 valence electrons. The molecule has 1 amide bonds. The van der Waals surface area contributed by atoms with E-state index >= 15 is 0 Å². The maximum atomic E-state index is 11.8. The molecule has 4 heteroatoms. The zero-order chi connectivity index (χ0) is 10.8. The molecule has 2 rings (SSSR count). The van der Waals surface area contributed by atoms with Gasteiger partial charge in [0.2, 0.25) is 0 Å². The minimum absolute atomic E-state index is 0.0330. The number of anilines is 1. The average Bonchev–Trinajstić information content (AvgIpc) is 2.25. The molecule has 1 atom stereocenters. The molecule has 0 spiro atoms. The predicted octanol–water partition coefficient (Wildman–Crippen LogP) is 2.04. The summed E-state index contributed by atoms with van der Waals surface area (Å²) in [5.41, 5.74) is 0.807. The van der Waals surface area contributed by atoms with Crippen LogP contribution in [0.1, 0.15) is 6.92 Å². The number of carbonyl (C=O) groups excluding carboxylic acids is 1. The summed E-state index contributed by atoms with van der Waals surface area (Å²) in [6.45, 7) is 2.27. The highest BCUT2D eigenvalue weighted by molar-refractivity contribution is 6.18. The van der Waals surface area contributed by atoms with Crippen molar-refractivity contribution in [3.8, 4) is 5.75 Å². The van der Waals surface area contributed by atoms with Crippen LogP contribution in [-0.2, 0) is 4.79 Å². The van der Waals surface area contributed by atoms with Crippen molar-refractivity contribution in [3.63, 3.8) is 0 Å². The summed E-state index contributed by atoms with van der Waals surface area (Å²) in [4.78, 5) is 13.5. The van der Waals surface area contributed by atoms with Gasteiger partial charge < -0.3 is 9.64 Å². The second-order valence-electron chi connectivity index (χ2n) is 3.41. The van der Waals surface area contributed by atoms with Gasteiger partial charge in [-0.3, -0.25) is 4.79 Å². The van der Waals surface area contributed by atoms with Crippen molar-refractivity contribution in [2.24, 2.45) is 0 Å². The molecule has 1 heterocycles. The van der Waals surface area contributed by atoms with Gasteiger partial charge in [-0.15, -0.1) is 11.6 Å². The molecule has 0 N–H and O–H groups in total. The topological polar surface area (TPSA) is 29.5 Å². The lowest BCUT2D eigenvalue weighted by Gasteiger charge is -2.32. The molecule has 3 nitrogen and oxygen atoms in total. The summed E-state index contributed by atoms with van der Waals surface area (Å²) >= 11 is 5.68. The number of fused-ring (bicyclic) bond motifs is 1. The van der Waals surface area contributed by atoms with Crippen LogP contribution < -0.4 is 9.64 Å². The van der Waals surface area contributed by atoms with E-state index in [1.165, 1.54) is 0 Å². The van der Waals surface area contributed by atoms with Gasteiger partial charge in [0.1, 0.15) is 5.75 Å². The first-order valence-electron chi connectivity index (χ1n) is 4.87. The van der Waals surface area contributed by atoms with E-state index in [9.17, 15) is 4.79 Å². The van der Waals surface area contributed by atoms with Crippen LogP contribution in [0.4, 0.5) is 5.69 Å². The minimum atomic E-state index is -0.428. The summed E-state index contributed by atoms with van der Waals surface area (Å²) in [5.74, 6) is 1.14. The SMILES string of the molecule is CC1Oc2ccccc2N(CCCl)C1=O. The van der Waals surface area contributed by atoms with Crippen LogP contribution in [0.5, 0.6) is 5.75 Å². The number of amides is 1. The summed E-state index contributed by atoms with van der Waals surface area (Å²) < 4.78 is 5.49. The van der Waals surface area contributed by atoms with Crippen molar-refractivity contribution in [2.75, 3.05) is 17.3 Å². The number of carbonyl (C=O) groups is 1. The van der Waals surface area contributed by atoms with E-state index in [4.69, 9.17) is 16.3 Å². The first-order chi connectivity index (χ1) is 7.24. The third-order valence-corrected chi connectivity index (χ3v) is 2.55. The van der Waals surface area contributed by atoms with Gasteiger partial charge in [-0.2, -0.15) is 0 Å². The Labute approximate surface area is 93.6 Å². The third kappa shape index (κ3) is 1.79. The monoisotopic (exact) mass is 225 g/mol. The minimum Gasteiger partial charge on any atom is -0.479 e. The molecule has 0 fully saturated rings. The van der Waals surface area contributed by atoms with Crippen LogP contribution in [0.2, 0.25) is 0 Å². The lowest BCUT2D eigenvalue weighted by Crippen LogP contribution is -2.45. The number of alkyl halides is 1. The lowest BCUT2D eigenvalue weighted by atomic mass is 10.2. The molecule has 15 heavy (non-hydrogen) atoms. The fourth-order valence-corrected chi connectivity index (χ4v) is 1.84. The number of hydrogen-bond acceptors (Lipinski definition) is 2. The molecule has 0 aliphatic carbocycles. The average molecular weight is 226 g/mol. The Hall–Kier alpha value is -1.22. The number of benzene rings is 1. The molecule has 1 unspecified atom stereocenters. The van der Waals surface area contributed by atoms with Crippen LogP contribution >= 0.6 is 11.6 Å². The standard InChI is InChI=1S/C11H12ClNO2/c1-8-11(14)13(7-6-12)9-4-2-3-5-10(9)15-8/h2-5,8H,6-7H2,1H3. The number of hydrogen-bond donors (Lipinski definition) is 0. The fraction of sp³-hybridized carbons (Fsp3) is 0.364. The molecule has 1 aromatic carbocycles. The van der Waals surface area contributed by atoms with Gasteiger partial charge in [-0.25, -0.2) is 0 Å². The van der Waals surface area contributed by atoms with Crippen molar-refractivity contribution < 1.29 is 9.53 Å². The highest BCUT2D eigenvalue weighted by Crippen LogP contribution is 2.33. The summed E-state index contributed by atoms with van der Waals surface area (Å²) in [5, 5.41) is 0. The molecule has 0 saturated carbocycles. The largest absolute Gasteiger partial charge is 0.479 e. The van der Waals surface area contributed by atoms with E-state index in [0.717, 1.165) is 11.4 Å². The fourth-order valence-electron chi connectivity index (χ4n) is 1.67. The summed E-state index contributed by atoms with van der Waals surface area (Å²) in [7, 11) is 0. The van der Waals surface area contributed by atoms with Gasteiger partial charge in [-0.1, -0.05) is 12.1 Å². The number of halogens is 1. The van der Waals surface area contributed by atoms with Gasteiger partial charge in [0, 0.05) is 12.4 Å². The van der Waals surface area contributed by atoms with Crippen molar-refractivity contribution >= 4 is 23.2 Å². The molecule has 1 aliphatic heterocycles. The highest BCUT2D eigenvalue weighted by Gasteiger charge is 2.30. The molecule has 0 bridgehead atoms. The Morgan fingerprint density at radius 3 is 2.93 bits per heavy atom. The second kappa shape index (κ2) is 4.11. The molecular formula is C11H12ClNO2. The molecule has 0 aromatic heterocycles. The second-order valence-corrected chi connectivity index (χ2v) is 3.78. The third-order valence-electron chi connectivity index (χ3n) is 2.38. The first kappa shape index (κ1) is 10.3. The van der Waals surface area contributed by atoms with E-state index in [0.29, 0.717) is 12.4 Å². The number of nitrogens with zero attached hydrogens (tertiary/aromatic N) is 1. The Balaban J connectivity index is 2.40. The Morgan fingerprint density at radius 1 is 1.47 bits per heavy atom. The van der Waals surface area contributed by atoms with Crippen molar-refractivity contribution in [2.45, 2.75) is 13.0 Å². The quantitative estimate of drug-likeness (QED) is 0.721. The van der Waals surface area contributed by atoms with Crippen molar-refractivity contribution in [3.05, 3.63) is 24.3 Å². The van der Waals surface area contributed by atoms with Gasteiger partial charge in [0.05, 0.1) is 5.69 Å². The molecule has 0 radical (unpaired) electrons. The van der Waals surface area contributed by atoms with Crippen LogP contribution in [0.3, 0.4) is 0 Å². The predicted molar refractivity (Wildman–Crippen MR) is 59.6 cm³/mol. The Bertz CT molecular complexity index is 381. The van der Waals surface area contributed by atoms with Crippen molar-refractivity contribution in [1.29, 1.82) is 0 Å². The van der Waals surface area contributed by atoms with E-state index in [1.807, 2.05) is 24.3 Å². The number of ether oxygens (including phenoxy) is 1. The molecule has 0 saturated heterocycles. The van der Waals surface area contributed by atoms with E-state index in [1.54, 1.807) is 11.8 Å². The zero-order valence-electron chi connectivity index (χ0n) is 8.44. The van der Waals surface area contributed by atoms with Crippen LogP contribution in [0.25, 0.3) is 0 Å². The van der Waals surface area contributed by atoms with Gasteiger partial charge in [-0.05, 0) is 19.1 Å². The van der Waals surface area contributed by atoms with E-state index in [-0.39, 0.29) is 5.91 Å². The number of rotatable bonds is 2. The molecule has 1 aromatic rings. The van der Waals surface area contributed by atoms with E-state index < -0.39 is 6.10 Å². The van der Waals surface area contributed by atoms with Crippen LogP contribution in [0.15, 0.2) is 24.3 Å². The van der Waals surface area contributed by atoms with Gasteiger partial charge >= 0.3 is 0 Å². The van der Waals surface area contributed by atoms with Gasteiger partial charge in [0.15, 0.2) is 6.10 Å². The van der Waals surface area contributed by atoms with E-state index in [2.05, 4.69) is 0 Å². The Kier molecular flexibility index (Phi) is 2.82. The van der Waals surface area contributed by atoms with Crippen molar-refractivity contribution in [1.82, 2.24) is 0 Å². The maximum Gasteiger partial charge on any atom is 0.267 e. The number of para-hydroxylation sites is 2. The molecular weight excluding hydrogens is 214 g/mol. The van der Waals surface area contributed by atoms with Crippen LogP contribution in [-0.4, -0.2) is 24.4 Å². The normalized spacial score (nSPS) is 19.7. The smallest absolute Gasteiger partial charge is 0.267 e. The lowest BCUT2D eigenvalue weighted by molar-refractivity contribution is -0.125. The summed E-state index contributed by atoms with van der Waals surface area (Å²) in [6, 6.07) is 7.50. The Morgan fingerprint density at radius 2 is 2.20 bits per heavy atom. The molecule has 1 aliphatic rings. The highest BCUT2D eigenvalue weighted by atomic mass is 35.5. The van der Waals surface area contributed by atoms with Crippen LogP contribution in [0, 0.1) is 0 Å². The zero-order valence-corrected chi connectivity index (χ0v) is 9.20. The van der Waals surface area contributed by atoms with Gasteiger partial charge in [0.25, 0.3) is 5.91 Å². The first-order valence-corrected chi connectivity index (χ1v) is 5.40.